The summed E-state index contributed by atoms with van der Waals surface area (Å²) in [4.78, 5) is 10.3. The molecule has 1 N–H and O–H groups in total. The van der Waals surface area contributed by atoms with E-state index < -0.39 is 5.97 Å². The maximum Gasteiger partial charge on any atom is 0.329 e. The van der Waals surface area contributed by atoms with Crippen LogP contribution in [0.25, 0.3) is 0 Å². The van der Waals surface area contributed by atoms with Crippen LogP contribution in [0.3, 0.4) is 0 Å². The van der Waals surface area contributed by atoms with Crippen LogP contribution in [-0.4, -0.2) is 163 Å². The molecule has 0 saturated carbocycles. The molecule has 1 rings (SSSR count). The van der Waals surface area contributed by atoms with Crippen LogP contribution in [0.15, 0.2) is 0 Å². The van der Waals surface area contributed by atoms with Gasteiger partial charge in [0.15, 0.2) is 6.29 Å². The zero-order valence-electron chi connectivity index (χ0n) is 24.5. The predicted molar refractivity (Wildman–Crippen MR) is 145 cm³/mol. The second-order valence-corrected chi connectivity index (χ2v) is 8.62. The SMILES string of the molecule is O=C(O)COCCOCCOCCOCCOCCOCCOCCOCCOCCOCCOC1CCCCO1. The maximum atomic E-state index is 10.3. The smallest absolute Gasteiger partial charge is 0.329 e. The lowest BCUT2D eigenvalue weighted by Crippen LogP contribution is -2.24. The van der Waals surface area contributed by atoms with E-state index in [1.807, 2.05) is 0 Å². The number of hydrogen-bond acceptors (Lipinski definition) is 13. The van der Waals surface area contributed by atoms with E-state index in [0.717, 1.165) is 25.9 Å². The molecule has 0 spiro atoms. The first-order valence-corrected chi connectivity index (χ1v) is 14.5. The Kier molecular flexibility index (Phi) is 29.6. The quantitative estimate of drug-likeness (QED) is 0.106. The van der Waals surface area contributed by atoms with Crippen molar-refractivity contribution in [1.29, 1.82) is 0 Å². The van der Waals surface area contributed by atoms with Crippen LogP contribution in [0, 0.1) is 0 Å². The van der Waals surface area contributed by atoms with Crippen LogP contribution in [-0.2, 0) is 61.6 Å². The van der Waals surface area contributed by atoms with Crippen molar-refractivity contribution in [2.24, 2.45) is 0 Å². The Morgan fingerprint density at radius 1 is 0.488 bits per heavy atom. The van der Waals surface area contributed by atoms with E-state index >= 15 is 0 Å². The van der Waals surface area contributed by atoms with Crippen molar-refractivity contribution in [2.75, 3.05) is 145 Å². The highest BCUT2D eigenvalue weighted by molar-refractivity contribution is 5.67. The van der Waals surface area contributed by atoms with Gasteiger partial charge in [-0.05, 0) is 19.3 Å². The molecule has 14 heteroatoms. The number of carbonyl (C=O) groups is 1. The van der Waals surface area contributed by atoms with Crippen LogP contribution in [0.1, 0.15) is 19.3 Å². The Bertz CT molecular complexity index is 536. The third kappa shape index (κ3) is 30.3. The molecular formula is C27H52O14. The van der Waals surface area contributed by atoms with Gasteiger partial charge < -0.3 is 61.9 Å². The molecule has 1 unspecified atom stereocenters. The van der Waals surface area contributed by atoms with Gasteiger partial charge in [-0.3, -0.25) is 0 Å². The minimum absolute atomic E-state index is 0.0697. The molecule has 0 amide bonds. The van der Waals surface area contributed by atoms with E-state index in [9.17, 15) is 4.79 Å². The number of ether oxygens (including phenoxy) is 12. The van der Waals surface area contributed by atoms with Crippen LogP contribution < -0.4 is 0 Å². The summed E-state index contributed by atoms with van der Waals surface area (Å²) in [5.41, 5.74) is 0. The van der Waals surface area contributed by atoms with Crippen molar-refractivity contribution in [3.63, 3.8) is 0 Å². The van der Waals surface area contributed by atoms with E-state index in [0.29, 0.717) is 126 Å². The first-order chi connectivity index (χ1) is 20.3. The van der Waals surface area contributed by atoms with Gasteiger partial charge in [-0.1, -0.05) is 0 Å². The second-order valence-electron chi connectivity index (χ2n) is 8.62. The molecule has 0 aromatic heterocycles. The fourth-order valence-electron chi connectivity index (χ4n) is 3.22. The van der Waals surface area contributed by atoms with E-state index in [4.69, 9.17) is 61.9 Å². The summed E-state index contributed by atoms with van der Waals surface area (Å²) in [6.45, 7) is 9.96. The zero-order valence-corrected chi connectivity index (χ0v) is 24.5. The predicted octanol–water partition coefficient (Wildman–Crippen LogP) is 0.780. The Hall–Kier alpha value is -1.01. The van der Waals surface area contributed by atoms with Crippen molar-refractivity contribution in [3.8, 4) is 0 Å². The Labute approximate surface area is 244 Å². The molecule has 0 aliphatic carbocycles. The highest BCUT2D eigenvalue weighted by Gasteiger charge is 2.13. The van der Waals surface area contributed by atoms with Gasteiger partial charge in [0.1, 0.15) is 6.61 Å². The molecule has 1 saturated heterocycles. The van der Waals surface area contributed by atoms with Crippen molar-refractivity contribution >= 4 is 5.97 Å². The fourth-order valence-corrected chi connectivity index (χ4v) is 3.22. The minimum atomic E-state index is -0.994. The largest absolute Gasteiger partial charge is 0.480 e. The molecule has 1 aliphatic rings. The third-order valence-electron chi connectivity index (χ3n) is 5.24. The fraction of sp³-hybridized carbons (Fsp3) is 0.963. The average molecular weight is 601 g/mol. The van der Waals surface area contributed by atoms with Crippen molar-refractivity contribution < 1.29 is 66.7 Å². The Balaban J connectivity index is 1.61. The normalized spacial score (nSPS) is 15.5. The Morgan fingerprint density at radius 2 is 0.805 bits per heavy atom. The summed E-state index contributed by atoms with van der Waals surface area (Å²) >= 11 is 0. The monoisotopic (exact) mass is 600 g/mol. The number of aliphatic carboxylic acids is 1. The first kappa shape index (κ1) is 38.0. The van der Waals surface area contributed by atoms with Gasteiger partial charge in [0, 0.05) is 6.61 Å². The van der Waals surface area contributed by atoms with Crippen LogP contribution in [0.5, 0.6) is 0 Å². The lowest BCUT2D eigenvalue weighted by Gasteiger charge is -2.22. The standard InChI is InChI=1S/C27H52O14/c28-26(29)25-39-22-21-37-18-17-35-14-13-33-10-9-31-6-5-30-7-8-32-11-12-34-15-16-36-19-20-38-23-24-41-27-3-1-2-4-40-27/h27H,1-25H2,(H,28,29). The molecule has 244 valence electrons. The average Bonchev–Trinajstić information content (AvgIpc) is 2.98. The van der Waals surface area contributed by atoms with Crippen LogP contribution in [0.2, 0.25) is 0 Å². The second kappa shape index (κ2) is 31.9. The van der Waals surface area contributed by atoms with E-state index in [1.165, 1.54) is 0 Å². The lowest BCUT2D eigenvalue weighted by atomic mass is 10.2. The van der Waals surface area contributed by atoms with Gasteiger partial charge in [0.2, 0.25) is 0 Å². The van der Waals surface area contributed by atoms with Crippen LogP contribution >= 0.6 is 0 Å². The summed E-state index contributed by atoms with van der Waals surface area (Å²) in [5.74, 6) is -0.994. The molecule has 1 heterocycles. The highest BCUT2D eigenvalue weighted by Crippen LogP contribution is 2.13. The summed E-state index contributed by atoms with van der Waals surface area (Å²) < 4.78 is 64.7. The molecule has 14 nitrogen and oxygen atoms in total. The molecule has 0 bridgehead atoms. The lowest BCUT2D eigenvalue weighted by molar-refractivity contribution is -0.169. The molecule has 0 radical (unpaired) electrons. The van der Waals surface area contributed by atoms with Gasteiger partial charge >= 0.3 is 5.97 Å². The molecular weight excluding hydrogens is 548 g/mol. The van der Waals surface area contributed by atoms with Crippen LogP contribution in [0.4, 0.5) is 0 Å². The topological polar surface area (TPSA) is 148 Å². The molecule has 41 heavy (non-hydrogen) atoms. The highest BCUT2D eigenvalue weighted by atomic mass is 16.7. The molecule has 1 fully saturated rings. The Morgan fingerprint density at radius 3 is 1.10 bits per heavy atom. The van der Waals surface area contributed by atoms with E-state index in [1.54, 1.807) is 0 Å². The number of carboxylic acids is 1. The minimum Gasteiger partial charge on any atom is -0.480 e. The molecule has 1 aliphatic heterocycles. The third-order valence-corrected chi connectivity index (χ3v) is 5.24. The number of rotatable bonds is 33. The van der Waals surface area contributed by atoms with Gasteiger partial charge in [0.25, 0.3) is 0 Å². The van der Waals surface area contributed by atoms with Crippen molar-refractivity contribution in [2.45, 2.75) is 25.6 Å². The summed E-state index contributed by atoms with van der Waals surface area (Å²) in [6, 6.07) is 0. The van der Waals surface area contributed by atoms with Crippen molar-refractivity contribution in [3.05, 3.63) is 0 Å². The van der Waals surface area contributed by atoms with Gasteiger partial charge in [-0.2, -0.15) is 0 Å². The zero-order chi connectivity index (χ0) is 29.3. The number of carboxylic acid groups (broad SMARTS) is 1. The first-order valence-electron chi connectivity index (χ1n) is 14.5. The van der Waals surface area contributed by atoms with E-state index in [-0.39, 0.29) is 19.5 Å². The number of hydrogen-bond donors (Lipinski definition) is 1. The molecule has 0 aromatic carbocycles. The summed E-state index contributed by atoms with van der Waals surface area (Å²) in [6.07, 6.45) is 3.18. The maximum absolute atomic E-state index is 10.3. The summed E-state index contributed by atoms with van der Waals surface area (Å²) in [5, 5.41) is 8.41. The molecule has 1 atom stereocenters. The van der Waals surface area contributed by atoms with Gasteiger partial charge in [0.05, 0.1) is 132 Å². The molecule has 0 aromatic rings. The van der Waals surface area contributed by atoms with Gasteiger partial charge in [-0.15, -0.1) is 0 Å². The van der Waals surface area contributed by atoms with Crippen molar-refractivity contribution in [1.82, 2.24) is 0 Å². The van der Waals surface area contributed by atoms with Gasteiger partial charge in [-0.25, -0.2) is 4.79 Å². The summed E-state index contributed by atoms with van der Waals surface area (Å²) in [7, 11) is 0. The van der Waals surface area contributed by atoms with E-state index in [2.05, 4.69) is 0 Å².